The number of benzene rings is 6. The molecule has 3 unspecified atom stereocenters. The molecule has 414 valence electrons. The van der Waals surface area contributed by atoms with Gasteiger partial charge in [0.1, 0.15) is 28.9 Å². The van der Waals surface area contributed by atoms with Crippen molar-refractivity contribution in [3.8, 4) is 28.4 Å². The van der Waals surface area contributed by atoms with Crippen LogP contribution in [-0.2, 0) is 28.2 Å². The summed E-state index contributed by atoms with van der Waals surface area (Å²) in [6.07, 6.45) is 6.55. The average Bonchev–Trinajstić information content (AvgIpc) is 2.99. The van der Waals surface area contributed by atoms with Gasteiger partial charge in [0.15, 0.2) is 5.60 Å². The van der Waals surface area contributed by atoms with E-state index in [4.69, 9.17) is 14.2 Å². The molecular weight excluding hydrogens is 1020 g/mol. The summed E-state index contributed by atoms with van der Waals surface area (Å²) < 4.78 is 138. The van der Waals surface area contributed by atoms with Crippen molar-refractivity contribution in [1.82, 2.24) is 0 Å². The lowest BCUT2D eigenvalue weighted by Gasteiger charge is -2.39. The quantitative estimate of drug-likeness (QED) is 0.0558. The maximum absolute atomic E-state index is 15.3. The van der Waals surface area contributed by atoms with E-state index >= 15 is 13.2 Å². The van der Waals surface area contributed by atoms with E-state index in [1.54, 1.807) is 38.1 Å². The topological polar surface area (TPSA) is 51.2 Å². The van der Waals surface area contributed by atoms with Crippen LogP contribution in [0.5, 0.6) is 17.2 Å². The van der Waals surface area contributed by atoms with Gasteiger partial charge in [-0.15, -0.1) is 0 Å². The predicted octanol–water partition coefficient (Wildman–Crippen LogP) is 16.9. The number of methoxy groups -OCH3 is 1. The summed E-state index contributed by atoms with van der Waals surface area (Å²) in [5, 5.41) is 0.685. The van der Waals surface area contributed by atoms with Crippen molar-refractivity contribution in [1.29, 1.82) is 0 Å². The number of nitrogens with zero attached hydrogens (tertiary/aromatic N) is 2. The van der Waals surface area contributed by atoms with Gasteiger partial charge in [0.05, 0.1) is 29.8 Å². The molecule has 4 aliphatic carbocycles. The van der Waals surface area contributed by atoms with Crippen LogP contribution in [0.4, 0.5) is 46.5 Å². The Morgan fingerprint density at radius 1 is 0.722 bits per heavy atom. The highest BCUT2D eigenvalue weighted by Crippen LogP contribution is 2.72. The van der Waals surface area contributed by atoms with Gasteiger partial charge in [-0.25, -0.2) is 8.78 Å². The van der Waals surface area contributed by atoms with E-state index in [0.29, 0.717) is 87.7 Å². The highest BCUT2D eigenvalue weighted by atomic mass is 19.4. The zero-order valence-corrected chi connectivity index (χ0v) is 44.9. The number of fused-ring (bicyclic) bond motifs is 11. The first-order chi connectivity index (χ1) is 37.7. The van der Waals surface area contributed by atoms with Crippen LogP contribution >= 0.6 is 0 Å². The van der Waals surface area contributed by atoms with Crippen LogP contribution in [0.2, 0.25) is 0 Å². The molecule has 2 aliphatic heterocycles. The zero-order chi connectivity index (χ0) is 55.4. The molecule has 1 saturated heterocycles. The molecule has 4 fully saturated rings. The maximum Gasteiger partial charge on any atom is 0.416 e. The molecule has 12 rings (SSSR count). The smallest absolute Gasteiger partial charge is 0.416 e. The van der Waals surface area contributed by atoms with Crippen molar-refractivity contribution in [2.75, 3.05) is 43.1 Å². The van der Waals surface area contributed by atoms with Gasteiger partial charge in [0.2, 0.25) is 0 Å². The monoisotopic (exact) mass is 1090 g/mol. The predicted molar refractivity (Wildman–Crippen MR) is 291 cm³/mol. The van der Waals surface area contributed by atoms with Crippen molar-refractivity contribution in [3.63, 3.8) is 0 Å². The first-order valence-corrected chi connectivity index (χ1v) is 28.0. The molecule has 79 heavy (non-hydrogen) atoms. The van der Waals surface area contributed by atoms with E-state index in [1.807, 2.05) is 24.3 Å². The first kappa shape index (κ1) is 53.1. The summed E-state index contributed by atoms with van der Waals surface area (Å²) in [4.78, 5) is 17.9. The summed E-state index contributed by atoms with van der Waals surface area (Å²) in [5.41, 5.74) is -2.61. The summed E-state index contributed by atoms with van der Waals surface area (Å²) in [7, 11) is 1.50. The van der Waals surface area contributed by atoms with E-state index in [1.165, 1.54) is 107 Å². The molecule has 0 radical (unpaired) electrons. The second-order valence-corrected chi connectivity index (χ2v) is 23.6. The highest BCUT2D eigenvalue weighted by molar-refractivity contribution is 6.10. The number of ether oxygens (including phenoxy) is 3. The fourth-order valence-corrected chi connectivity index (χ4v) is 15.0. The third-order valence-electron chi connectivity index (χ3n) is 19.0. The second-order valence-electron chi connectivity index (χ2n) is 23.6. The minimum absolute atomic E-state index is 0.0917. The Kier molecular flexibility index (Phi) is 13.2. The normalized spacial score (nSPS) is 23.6. The lowest BCUT2D eigenvalue weighted by Crippen LogP contribution is -2.46. The minimum Gasteiger partial charge on any atom is -0.495 e. The number of unbranched alkanes of at least 4 members (excludes halogenated alkanes) is 2. The van der Waals surface area contributed by atoms with Crippen molar-refractivity contribution >= 4 is 34.2 Å². The Bertz CT molecular complexity index is 3310. The van der Waals surface area contributed by atoms with E-state index in [0.717, 1.165) is 42.9 Å². The molecule has 1 spiro atoms. The van der Waals surface area contributed by atoms with Crippen LogP contribution < -0.4 is 24.0 Å². The molecule has 6 aliphatic rings. The molecule has 0 bridgehead atoms. The van der Waals surface area contributed by atoms with Gasteiger partial charge in [0.25, 0.3) is 0 Å². The first-order valence-electron chi connectivity index (χ1n) is 28.0. The number of hydrogen-bond donors (Lipinski definition) is 0. The summed E-state index contributed by atoms with van der Waals surface area (Å²) in [6.45, 7) is 7.43. The number of piperazine rings is 1. The number of esters is 1. The number of anilines is 2. The molecule has 6 aromatic rings. The fraction of sp³-hybridized carbons (Fsp3) is 0.431. The van der Waals surface area contributed by atoms with Crippen molar-refractivity contribution in [3.05, 3.63) is 154 Å². The average molecular weight is 1090 g/mol. The van der Waals surface area contributed by atoms with Crippen LogP contribution in [-0.4, -0.2) is 39.3 Å². The van der Waals surface area contributed by atoms with Crippen molar-refractivity contribution in [2.45, 2.75) is 115 Å². The molecular formula is C65H64F8N2O4. The van der Waals surface area contributed by atoms with Crippen LogP contribution in [0.3, 0.4) is 0 Å². The van der Waals surface area contributed by atoms with Gasteiger partial charge < -0.3 is 24.0 Å². The van der Waals surface area contributed by atoms with Gasteiger partial charge in [-0.3, -0.25) is 4.79 Å². The largest absolute Gasteiger partial charge is 0.495 e. The fourth-order valence-electron chi connectivity index (χ4n) is 15.0. The number of carbonyl (C=O) groups excluding carboxylic acids is 1. The minimum atomic E-state index is -5.16. The van der Waals surface area contributed by atoms with Crippen molar-refractivity contribution in [2.24, 2.45) is 29.1 Å². The maximum atomic E-state index is 15.3. The van der Waals surface area contributed by atoms with Gasteiger partial charge >= 0.3 is 18.3 Å². The van der Waals surface area contributed by atoms with Gasteiger partial charge in [-0.05, 0) is 175 Å². The summed E-state index contributed by atoms with van der Waals surface area (Å²) >= 11 is 0. The van der Waals surface area contributed by atoms with Gasteiger partial charge in [-0.2, -0.15) is 26.3 Å². The molecule has 3 saturated carbocycles. The second kappa shape index (κ2) is 19.6. The Balaban J connectivity index is 0.848. The van der Waals surface area contributed by atoms with E-state index in [-0.39, 0.29) is 40.4 Å². The molecule has 0 amide bonds. The molecule has 0 aromatic heterocycles. The lowest BCUT2D eigenvalue weighted by molar-refractivity contribution is -0.144. The van der Waals surface area contributed by atoms with E-state index < -0.39 is 46.1 Å². The van der Waals surface area contributed by atoms with E-state index in [9.17, 15) is 26.7 Å². The van der Waals surface area contributed by atoms with Crippen LogP contribution in [0, 0.1) is 40.7 Å². The lowest BCUT2D eigenvalue weighted by atomic mass is 9.75. The number of rotatable bonds is 11. The number of hydrogen-bond acceptors (Lipinski definition) is 6. The standard InChI is InChI=1S/C65H64F8N2O4/c1-5-6-7-8-38-23-26-62(27-24-38)51-22-9-39(33-52(51)62)60(76)78-46-20-18-45(19-21-46)74-29-31-75(32-30-74)54-36-48-49(37-55(54)77-4)59-47(25-28-63(79-59,40-10-14-43(66)15-11-40)41-12-16-44(67)17-13-41)58-56(48)50-34-42(64(68,69)70)35-53(65(71,72)73)57(50)61(58,2)3/h10-21,25,28,34-39,51-52H,5-9,22-24,26-27,29-33H2,1-4H3. The van der Waals surface area contributed by atoms with Gasteiger partial charge in [0, 0.05) is 59.4 Å². The van der Waals surface area contributed by atoms with Crippen LogP contribution in [0.1, 0.15) is 130 Å². The SMILES string of the molecule is CCCCCC1CCC2(CC1)C1CCC(C(=O)Oc3ccc(N4CCN(c5cc6c7c(c8c(c6cc5OC)OC(c5ccc(F)cc5)(c5ccc(F)cc5)C=C8)C(C)(C)c5c-7cc(C(F)(F)F)cc5C(F)(F)F)CC4)cc3)CC12. The molecule has 2 heterocycles. The van der Waals surface area contributed by atoms with Crippen LogP contribution in [0.15, 0.2) is 103 Å². The van der Waals surface area contributed by atoms with Gasteiger partial charge in [-0.1, -0.05) is 76.8 Å². The molecule has 6 nitrogen and oxygen atoms in total. The number of carbonyl (C=O) groups is 1. The highest BCUT2D eigenvalue weighted by Gasteiger charge is 2.65. The number of halogens is 8. The Morgan fingerprint density at radius 3 is 1.97 bits per heavy atom. The zero-order valence-electron chi connectivity index (χ0n) is 44.9. The summed E-state index contributed by atoms with van der Waals surface area (Å²) in [6, 6.07) is 23.3. The third kappa shape index (κ3) is 9.11. The molecule has 14 heteroatoms. The van der Waals surface area contributed by atoms with Crippen molar-refractivity contribution < 1.29 is 54.1 Å². The third-order valence-corrected chi connectivity index (χ3v) is 19.0. The summed E-state index contributed by atoms with van der Waals surface area (Å²) in [5.74, 6) is 2.07. The van der Waals surface area contributed by atoms with E-state index in [2.05, 4.69) is 16.7 Å². The Labute approximate surface area is 455 Å². The Morgan fingerprint density at radius 2 is 1.37 bits per heavy atom. The molecule has 6 aromatic carbocycles. The Hall–Kier alpha value is -6.57. The number of alkyl halides is 6. The molecule has 3 atom stereocenters. The van der Waals surface area contributed by atoms with Crippen LogP contribution in [0.25, 0.3) is 28.0 Å². The molecule has 0 N–H and O–H groups in total.